The monoisotopic (exact) mass is 380 g/mol. The topological polar surface area (TPSA) is 60.5 Å². The number of nitrogens with zero attached hydrogens (tertiary/aromatic N) is 1. The first kappa shape index (κ1) is 17.7. The number of carbonyl (C=O) groups excluding carboxylic acids is 1. The molecule has 0 unspecified atom stereocenters. The van der Waals surface area contributed by atoms with E-state index in [1.165, 1.54) is 17.3 Å². The lowest BCUT2D eigenvalue weighted by atomic mass is 10.1. The van der Waals surface area contributed by atoms with Crippen LogP contribution in [0.1, 0.15) is 18.1 Å². The van der Waals surface area contributed by atoms with E-state index in [4.69, 9.17) is 14.5 Å². The van der Waals surface area contributed by atoms with Crippen molar-refractivity contribution in [2.75, 3.05) is 17.9 Å². The van der Waals surface area contributed by atoms with Crippen molar-refractivity contribution in [3.05, 3.63) is 53.6 Å². The Labute approximate surface area is 162 Å². The van der Waals surface area contributed by atoms with Crippen LogP contribution in [0.3, 0.4) is 0 Å². The number of thioether (sulfide) groups is 1. The zero-order valence-electron chi connectivity index (χ0n) is 15.2. The van der Waals surface area contributed by atoms with Crippen LogP contribution < -0.4 is 14.8 Å². The predicted molar refractivity (Wildman–Crippen MR) is 108 cm³/mol. The Balaban J connectivity index is 1.43. The molecule has 0 saturated heterocycles. The lowest BCUT2D eigenvalue weighted by Crippen LogP contribution is -2.14. The normalized spacial score (nSPS) is 12.4. The van der Waals surface area contributed by atoms with Crippen LogP contribution in [-0.4, -0.2) is 23.4 Å². The highest BCUT2D eigenvalue weighted by Gasteiger charge is 2.14. The van der Waals surface area contributed by atoms with Crippen LogP contribution in [-0.2, 0) is 11.2 Å². The van der Waals surface area contributed by atoms with Gasteiger partial charge in [0.25, 0.3) is 0 Å². The molecule has 0 aliphatic carbocycles. The van der Waals surface area contributed by atoms with Gasteiger partial charge in [-0.1, -0.05) is 24.8 Å². The molecular weight excluding hydrogens is 360 g/mol. The summed E-state index contributed by atoms with van der Waals surface area (Å²) in [4.78, 5) is 17.0. The van der Waals surface area contributed by atoms with Crippen molar-refractivity contribution in [2.45, 2.75) is 25.3 Å². The van der Waals surface area contributed by atoms with Gasteiger partial charge >= 0.3 is 0 Å². The lowest BCUT2D eigenvalue weighted by Gasteiger charge is -2.09. The zero-order chi connectivity index (χ0) is 18.8. The predicted octanol–water partition coefficient (Wildman–Crippen LogP) is 4.57. The summed E-state index contributed by atoms with van der Waals surface area (Å²) in [5.41, 5.74) is 4.03. The third-order valence-corrected chi connectivity index (χ3v) is 5.52. The minimum absolute atomic E-state index is 0.0820. The smallest absolute Gasteiger partial charge is 0.234 e. The van der Waals surface area contributed by atoms with E-state index in [0.29, 0.717) is 22.9 Å². The summed E-state index contributed by atoms with van der Waals surface area (Å²) < 4.78 is 10.6. The summed E-state index contributed by atoms with van der Waals surface area (Å²) in [7, 11) is 0. The number of fused-ring (bicyclic) bond motifs is 2. The highest BCUT2D eigenvalue weighted by molar-refractivity contribution is 8.00. The SMILES string of the molecule is CCc1ccc2nc(SCC(=O)Nc3ccc4c(c3)OCO4)c(C)cc2c1. The Morgan fingerprint density at radius 3 is 2.85 bits per heavy atom. The molecule has 5 nitrogen and oxygen atoms in total. The van der Waals surface area contributed by atoms with Crippen molar-refractivity contribution in [3.8, 4) is 11.5 Å². The van der Waals surface area contributed by atoms with Crippen molar-refractivity contribution >= 4 is 34.3 Å². The van der Waals surface area contributed by atoms with Crippen LogP contribution in [0.25, 0.3) is 10.9 Å². The van der Waals surface area contributed by atoms with Crippen molar-refractivity contribution in [3.63, 3.8) is 0 Å². The molecule has 138 valence electrons. The fourth-order valence-corrected chi connectivity index (χ4v) is 3.77. The molecule has 1 amide bonds. The van der Waals surface area contributed by atoms with Gasteiger partial charge in [0, 0.05) is 17.1 Å². The number of aromatic nitrogens is 1. The highest BCUT2D eigenvalue weighted by Crippen LogP contribution is 2.34. The zero-order valence-corrected chi connectivity index (χ0v) is 16.1. The molecule has 4 rings (SSSR count). The first-order valence-corrected chi connectivity index (χ1v) is 9.83. The number of amides is 1. The first-order chi connectivity index (χ1) is 13.1. The van der Waals surface area contributed by atoms with Gasteiger partial charge in [0.2, 0.25) is 12.7 Å². The summed E-state index contributed by atoms with van der Waals surface area (Å²) in [6.07, 6.45) is 1.01. The van der Waals surface area contributed by atoms with Crippen LogP contribution >= 0.6 is 11.8 Å². The Hall–Kier alpha value is -2.73. The fraction of sp³-hybridized carbons (Fsp3) is 0.238. The molecule has 0 bridgehead atoms. The molecule has 0 atom stereocenters. The van der Waals surface area contributed by atoms with E-state index in [-0.39, 0.29) is 12.7 Å². The number of hydrogen-bond donors (Lipinski definition) is 1. The number of anilines is 1. The number of aryl methyl sites for hydroxylation is 2. The first-order valence-electron chi connectivity index (χ1n) is 8.85. The molecule has 1 aliphatic heterocycles. The standard InChI is InChI=1S/C21H20N2O3S/c1-3-14-4-6-17-15(9-14)8-13(2)21(23-17)27-11-20(24)22-16-5-7-18-19(10-16)26-12-25-18/h4-10H,3,11-12H2,1-2H3,(H,22,24). The van der Waals surface area contributed by atoms with E-state index >= 15 is 0 Å². The second-order valence-electron chi connectivity index (χ2n) is 6.40. The summed E-state index contributed by atoms with van der Waals surface area (Å²) in [6, 6.07) is 13.8. The van der Waals surface area contributed by atoms with E-state index in [1.807, 2.05) is 13.0 Å². The van der Waals surface area contributed by atoms with Crippen LogP contribution in [0, 0.1) is 6.92 Å². The summed E-state index contributed by atoms with van der Waals surface area (Å²) in [5, 5.41) is 4.91. The van der Waals surface area contributed by atoms with E-state index in [1.54, 1.807) is 18.2 Å². The van der Waals surface area contributed by atoms with Crippen LogP contribution in [0.2, 0.25) is 0 Å². The number of ether oxygens (including phenoxy) is 2. The van der Waals surface area contributed by atoms with Gasteiger partial charge in [-0.15, -0.1) is 0 Å². The average molecular weight is 380 g/mol. The van der Waals surface area contributed by atoms with Crippen molar-refractivity contribution < 1.29 is 14.3 Å². The minimum atomic E-state index is -0.0820. The Morgan fingerprint density at radius 2 is 2.00 bits per heavy atom. The van der Waals surface area contributed by atoms with Gasteiger partial charge in [-0.2, -0.15) is 0 Å². The largest absolute Gasteiger partial charge is 0.454 e. The summed E-state index contributed by atoms with van der Waals surface area (Å²) in [6.45, 7) is 4.39. The van der Waals surface area contributed by atoms with E-state index < -0.39 is 0 Å². The van der Waals surface area contributed by atoms with Crippen LogP contribution in [0.5, 0.6) is 11.5 Å². The molecule has 1 aliphatic rings. The molecule has 6 heteroatoms. The Morgan fingerprint density at radius 1 is 1.15 bits per heavy atom. The molecule has 0 radical (unpaired) electrons. The molecule has 0 fully saturated rings. The maximum absolute atomic E-state index is 12.3. The molecule has 3 aromatic rings. The quantitative estimate of drug-likeness (QED) is 0.657. The van der Waals surface area contributed by atoms with Crippen molar-refractivity contribution in [2.24, 2.45) is 0 Å². The Kier molecular flexibility index (Phi) is 4.90. The fourth-order valence-electron chi connectivity index (χ4n) is 2.99. The van der Waals surface area contributed by atoms with Crippen molar-refractivity contribution in [1.82, 2.24) is 4.98 Å². The second kappa shape index (κ2) is 7.48. The van der Waals surface area contributed by atoms with Gasteiger partial charge in [-0.05, 0) is 54.8 Å². The molecule has 0 saturated carbocycles. The molecule has 2 heterocycles. The van der Waals surface area contributed by atoms with E-state index in [0.717, 1.165) is 27.9 Å². The second-order valence-corrected chi connectivity index (χ2v) is 7.36. The summed E-state index contributed by atoms with van der Waals surface area (Å²) >= 11 is 1.45. The van der Waals surface area contributed by atoms with Crippen LogP contribution in [0.4, 0.5) is 5.69 Å². The minimum Gasteiger partial charge on any atom is -0.454 e. The van der Waals surface area contributed by atoms with Crippen LogP contribution in [0.15, 0.2) is 47.5 Å². The molecule has 0 spiro atoms. The van der Waals surface area contributed by atoms with Gasteiger partial charge in [0.1, 0.15) is 5.03 Å². The molecule has 1 N–H and O–H groups in total. The number of hydrogen-bond acceptors (Lipinski definition) is 5. The summed E-state index contributed by atoms with van der Waals surface area (Å²) in [5.74, 6) is 1.56. The maximum atomic E-state index is 12.3. The number of pyridine rings is 1. The van der Waals surface area contributed by atoms with Gasteiger partial charge < -0.3 is 14.8 Å². The average Bonchev–Trinajstić information content (AvgIpc) is 3.13. The highest BCUT2D eigenvalue weighted by atomic mass is 32.2. The third kappa shape index (κ3) is 3.85. The number of rotatable bonds is 5. The van der Waals surface area contributed by atoms with Gasteiger partial charge in [0.05, 0.1) is 11.3 Å². The molecule has 2 aromatic carbocycles. The lowest BCUT2D eigenvalue weighted by molar-refractivity contribution is -0.113. The van der Waals surface area contributed by atoms with Gasteiger partial charge in [-0.25, -0.2) is 4.98 Å². The molecule has 27 heavy (non-hydrogen) atoms. The number of carbonyl (C=O) groups is 1. The molecular formula is C21H20N2O3S. The maximum Gasteiger partial charge on any atom is 0.234 e. The number of nitrogens with one attached hydrogen (secondary N) is 1. The van der Waals surface area contributed by atoms with E-state index in [9.17, 15) is 4.79 Å². The Bertz CT molecular complexity index is 1020. The van der Waals surface area contributed by atoms with Gasteiger partial charge in [0.15, 0.2) is 11.5 Å². The van der Waals surface area contributed by atoms with Crippen molar-refractivity contribution in [1.29, 1.82) is 0 Å². The number of benzene rings is 2. The van der Waals surface area contributed by atoms with Gasteiger partial charge in [-0.3, -0.25) is 4.79 Å². The molecule has 1 aromatic heterocycles. The third-order valence-electron chi connectivity index (χ3n) is 4.43. The van der Waals surface area contributed by atoms with E-state index in [2.05, 4.69) is 30.4 Å².